The molecule has 0 unspecified atom stereocenters. The maximum Gasteiger partial charge on any atom is 0.133 e. The predicted octanol–water partition coefficient (Wildman–Crippen LogP) is 3.29. The number of para-hydroxylation sites is 1. The van der Waals surface area contributed by atoms with Gasteiger partial charge in [0.25, 0.3) is 0 Å². The van der Waals surface area contributed by atoms with Crippen molar-refractivity contribution >= 4 is 11.8 Å². The zero-order valence-corrected chi connectivity index (χ0v) is 9.93. The number of thiocyanates is 1. The average molecular weight is 221 g/mol. The minimum atomic E-state index is 0.681. The van der Waals surface area contributed by atoms with Gasteiger partial charge in [-0.1, -0.05) is 18.2 Å². The molecule has 1 aromatic rings. The average Bonchev–Trinajstić information content (AvgIpc) is 2.21. The van der Waals surface area contributed by atoms with Gasteiger partial charge in [0.1, 0.15) is 11.2 Å². The molecule has 0 saturated carbocycles. The summed E-state index contributed by atoms with van der Waals surface area (Å²) in [4.78, 5) is 0. The summed E-state index contributed by atoms with van der Waals surface area (Å²) < 4.78 is 5.69. The molecular weight excluding hydrogens is 206 g/mol. The molecule has 0 heterocycles. The molecule has 15 heavy (non-hydrogen) atoms. The Bertz CT molecular complexity index is 337. The lowest BCUT2D eigenvalue weighted by atomic mass is 10.1. The minimum Gasteiger partial charge on any atom is -0.493 e. The molecule has 0 aliphatic heterocycles. The summed E-state index contributed by atoms with van der Waals surface area (Å²) in [5.74, 6) is 1.82. The van der Waals surface area contributed by atoms with Crippen molar-refractivity contribution in [2.24, 2.45) is 0 Å². The van der Waals surface area contributed by atoms with E-state index in [2.05, 4.69) is 5.40 Å². The second kappa shape index (κ2) is 6.36. The van der Waals surface area contributed by atoms with Crippen molar-refractivity contribution < 1.29 is 4.74 Å². The number of rotatable bonds is 5. The first kappa shape index (κ1) is 11.9. The van der Waals surface area contributed by atoms with Gasteiger partial charge in [0.05, 0.1) is 6.61 Å². The van der Waals surface area contributed by atoms with Gasteiger partial charge in [-0.2, -0.15) is 5.26 Å². The first-order valence-electron chi connectivity index (χ1n) is 4.95. The molecule has 1 aromatic carbocycles. The Hall–Kier alpha value is -1.14. The quantitative estimate of drug-likeness (QED) is 0.565. The molecule has 80 valence electrons. The molecule has 0 atom stereocenters. The summed E-state index contributed by atoms with van der Waals surface area (Å²) in [6.07, 6.45) is 0.909. The third-order valence-corrected chi connectivity index (χ3v) is 2.73. The van der Waals surface area contributed by atoms with E-state index in [0.29, 0.717) is 6.61 Å². The summed E-state index contributed by atoms with van der Waals surface area (Å²) in [6.45, 7) is 4.78. The van der Waals surface area contributed by atoms with Crippen LogP contribution in [0.3, 0.4) is 0 Å². The second-order valence-corrected chi connectivity index (χ2v) is 4.24. The number of hydrogen-bond acceptors (Lipinski definition) is 3. The van der Waals surface area contributed by atoms with Gasteiger partial charge < -0.3 is 4.74 Å². The second-order valence-electron chi connectivity index (χ2n) is 3.36. The number of hydrogen-bond donors (Lipinski definition) is 0. The third-order valence-electron chi connectivity index (χ3n) is 2.11. The molecular formula is C12H15NOS. The van der Waals surface area contributed by atoms with Crippen LogP contribution in [0.4, 0.5) is 0 Å². The van der Waals surface area contributed by atoms with Crippen molar-refractivity contribution in [2.45, 2.75) is 20.3 Å². The lowest BCUT2D eigenvalue weighted by molar-refractivity contribution is 0.314. The summed E-state index contributed by atoms with van der Waals surface area (Å²) in [6, 6.07) is 6.13. The van der Waals surface area contributed by atoms with Crippen LogP contribution in [0.2, 0.25) is 0 Å². The van der Waals surface area contributed by atoms with Gasteiger partial charge in [-0.05, 0) is 43.2 Å². The minimum absolute atomic E-state index is 0.681. The zero-order valence-electron chi connectivity index (χ0n) is 9.12. The number of aryl methyl sites for hydroxylation is 2. The monoisotopic (exact) mass is 221 g/mol. The molecule has 0 fully saturated rings. The van der Waals surface area contributed by atoms with Crippen molar-refractivity contribution in [2.75, 3.05) is 12.4 Å². The van der Waals surface area contributed by atoms with Gasteiger partial charge in [-0.25, -0.2) is 0 Å². The summed E-state index contributed by atoms with van der Waals surface area (Å²) in [5, 5.41) is 10.4. The Labute approximate surface area is 95.3 Å². The van der Waals surface area contributed by atoms with Crippen LogP contribution in [0, 0.1) is 24.5 Å². The van der Waals surface area contributed by atoms with Gasteiger partial charge in [-0.3, -0.25) is 0 Å². The molecule has 3 heteroatoms. The summed E-state index contributed by atoms with van der Waals surface area (Å²) in [7, 11) is 0. The number of benzene rings is 1. The van der Waals surface area contributed by atoms with Crippen LogP contribution >= 0.6 is 11.8 Å². The fraction of sp³-hybridized carbons (Fsp3) is 0.417. The van der Waals surface area contributed by atoms with E-state index < -0.39 is 0 Å². The molecule has 0 aliphatic rings. The van der Waals surface area contributed by atoms with Gasteiger partial charge in [0.2, 0.25) is 0 Å². The van der Waals surface area contributed by atoms with Crippen molar-refractivity contribution in [1.82, 2.24) is 0 Å². The van der Waals surface area contributed by atoms with Crippen LogP contribution in [0.5, 0.6) is 5.75 Å². The van der Waals surface area contributed by atoms with Crippen LogP contribution in [-0.4, -0.2) is 12.4 Å². The van der Waals surface area contributed by atoms with E-state index in [9.17, 15) is 0 Å². The summed E-state index contributed by atoms with van der Waals surface area (Å²) in [5.41, 5.74) is 2.34. The van der Waals surface area contributed by atoms with E-state index in [4.69, 9.17) is 10.00 Å². The van der Waals surface area contributed by atoms with Crippen LogP contribution in [0.15, 0.2) is 18.2 Å². The van der Waals surface area contributed by atoms with Crippen molar-refractivity contribution in [1.29, 1.82) is 5.26 Å². The van der Waals surface area contributed by atoms with Crippen molar-refractivity contribution in [3.05, 3.63) is 29.3 Å². The van der Waals surface area contributed by atoms with Crippen molar-refractivity contribution in [3.63, 3.8) is 0 Å². The van der Waals surface area contributed by atoms with Crippen LogP contribution in [0.1, 0.15) is 17.5 Å². The van der Waals surface area contributed by atoms with Gasteiger partial charge in [0.15, 0.2) is 0 Å². The van der Waals surface area contributed by atoms with Gasteiger partial charge in [0, 0.05) is 5.75 Å². The standard InChI is InChI=1S/C12H15NOS/c1-10-5-3-6-11(2)12(10)14-7-4-8-15-9-13/h3,5-6H,4,7-8H2,1-2H3. The maximum atomic E-state index is 8.34. The highest BCUT2D eigenvalue weighted by Crippen LogP contribution is 2.22. The molecule has 0 aromatic heterocycles. The normalized spacial score (nSPS) is 9.67. The molecule has 0 spiro atoms. The van der Waals surface area contributed by atoms with Gasteiger partial charge >= 0.3 is 0 Å². The van der Waals surface area contributed by atoms with Gasteiger partial charge in [-0.15, -0.1) is 0 Å². The maximum absolute atomic E-state index is 8.34. The van der Waals surface area contributed by atoms with E-state index in [1.54, 1.807) is 0 Å². The topological polar surface area (TPSA) is 33.0 Å². The molecule has 0 aliphatic carbocycles. The highest BCUT2D eigenvalue weighted by molar-refractivity contribution is 8.03. The van der Waals surface area contributed by atoms with Crippen molar-refractivity contribution in [3.8, 4) is 11.2 Å². The fourth-order valence-electron chi connectivity index (χ4n) is 1.38. The molecule has 0 N–H and O–H groups in total. The Morgan fingerprint density at radius 2 is 2.00 bits per heavy atom. The number of thioether (sulfide) groups is 1. The van der Waals surface area contributed by atoms with E-state index in [1.807, 2.05) is 32.0 Å². The Morgan fingerprint density at radius 3 is 2.60 bits per heavy atom. The number of ether oxygens (including phenoxy) is 1. The molecule has 2 nitrogen and oxygen atoms in total. The highest BCUT2D eigenvalue weighted by atomic mass is 32.2. The SMILES string of the molecule is Cc1cccc(C)c1OCCCSC#N. The van der Waals surface area contributed by atoms with E-state index in [1.165, 1.54) is 22.9 Å². The summed E-state index contributed by atoms with van der Waals surface area (Å²) >= 11 is 1.28. The highest BCUT2D eigenvalue weighted by Gasteiger charge is 2.02. The van der Waals surface area contributed by atoms with Crippen LogP contribution in [0.25, 0.3) is 0 Å². The molecule has 0 bridgehead atoms. The van der Waals surface area contributed by atoms with E-state index >= 15 is 0 Å². The van der Waals surface area contributed by atoms with E-state index in [0.717, 1.165) is 17.9 Å². The van der Waals surface area contributed by atoms with Crippen LogP contribution < -0.4 is 4.74 Å². The molecule has 1 rings (SSSR count). The number of nitrogens with zero attached hydrogens (tertiary/aromatic N) is 1. The first-order chi connectivity index (χ1) is 7.25. The molecule has 0 amide bonds. The molecule has 0 saturated heterocycles. The number of nitriles is 1. The Balaban J connectivity index is 2.41. The predicted molar refractivity (Wildman–Crippen MR) is 64.1 cm³/mol. The third kappa shape index (κ3) is 3.85. The zero-order chi connectivity index (χ0) is 11.1. The first-order valence-corrected chi connectivity index (χ1v) is 5.94. The lowest BCUT2D eigenvalue weighted by Crippen LogP contribution is -2.01. The Kier molecular flexibility index (Phi) is 5.06. The molecule has 0 radical (unpaired) electrons. The fourth-order valence-corrected chi connectivity index (χ4v) is 1.73. The lowest BCUT2D eigenvalue weighted by Gasteiger charge is -2.11. The van der Waals surface area contributed by atoms with E-state index in [-0.39, 0.29) is 0 Å². The Morgan fingerprint density at radius 1 is 1.33 bits per heavy atom. The largest absolute Gasteiger partial charge is 0.493 e. The smallest absolute Gasteiger partial charge is 0.133 e. The van der Waals surface area contributed by atoms with Crippen LogP contribution in [-0.2, 0) is 0 Å².